The van der Waals surface area contributed by atoms with Crippen LogP contribution >= 0.6 is 22.9 Å². The zero-order valence-electron chi connectivity index (χ0n) is 10.1. The number of benzene rings is 2. The first-order chi connectivity index (χ1) is 9.17. The summed E-state index contributed by atoms with van der Waals surface area (Å²) < 4.78 is 6.25. The van der Waals surface area contributed by atoms with E-state index in [9.17, 15) is 5.11 Å². The summed E-state index contributed by atoms with van der Waals surface area (Å²) in [6.45, 7) is 0. The van der Waals surface area contributed by atoms with Crippen LogP contribution in [0.5, 0.6) is 11.5 Å². The summed E-state index contributed by atoms with van der Waals surface area (Å²) in [6, 6.07) is 10.9. The van der Waals surface area contributed by atoms with Gasteiger partial charge in [-0.3, -0.25) is 0 Å². The van der Waals surface area contributed by atoms with Gasteiger partial charge in [0.1, 0.15) is 16.5 Å². The van der Waals surface area contributed by atoms with Crippen LogP contribution in [0.15, 0.2) is 36.4 Å². The van der Waals surface area contributed by atoms with Gasteiger partial charge in [-0.2, -0.15) is 0 Å². The van der Waals surface area contributed by atoms with Gasteiger partial charge in [0.25, 0.3) is 0 Å². The minimum absolute atomic E-state index is 0.0770. The summed E-state index contributed by atoms with van der Waals surface area (Å²) >= 11 is 7.48. The molecule has 0 unspecified atom stereocenters. The Bertz CT molecular complexity index is 754. The average Bonchev–Trinajstić information content (AvgIpc) is 2.84. The van der Waals surface area contributed by atoms with Crippen LogP contribution in [0, 0.1) is 0 Å². The molecule has 0 radical (unpaired) electrons. The van der Waals surface area contributed by atoms with E-state index in [0.717, 1.165) is 26.5 Å². The monoisotopic (exact) mass is 291 g/mol. The van der Waals surface area contributed by atoms with Crippen molar-refractivity contribution in [3.63, 3.8) is 0 Å². The summed E-state index contributed by atoms with van der Waals surface area (Å²) in [5, 5.41) is 10.6. The maximum atomic E-state index is 9.43. The third kappa shape index (κ3) is 2.25. The van der Waals surface area contributed by atoms with Crippen molar-refractivity contribution in [3.05, 3.63) is 41.4 Å². The van der Waals surface area contributed by atoms with E-state index < -0.39 is 0 Å². The molecule has 3 rings (SSSR count). The Kier molecular flexibility index (Phi) is 3.05. The molecule has 0 aliphatic carbocycles. The average molecular weight is 292 g/mol. The van der Waals surface area contributed by atoms with Crippen LogP contribution in [0.2, 0.25) is 5.02 Å². The minimum Gasteiger partial charge on any atom is -0.506 e. The maximum Gasteiger partial charge on any atom is 0.134 e. The molecule has 0 saturated carbocycles. The second-order valence-corrected chi connectivity index (χ2v) is 5.46. The first kappa shape index (κ1) is 12.3. The van der Waals surface area contributed by atoms with E-state index in [1.807, 2.05) is 18.2 Å². The van der Waals surface area contributed by atoms with E-state index >= 15 is 0 Å². The summed E-state index contributed by atoms with van der Waals surface area (Å²) in [5.74, 6) is 0.889. The van der Waals surface area contributed by atoms with E-state index in [1.54, 1.807) is 36.6 Å². The molecule has 1 N–H and O–H groups in total. The Morgan fingerprint density at radius 2 is 2.05 bits per heavy atom. The summed E-state index contributed by atoms with van der Waals surface area (Å²) in [6.07, 6.45) is 0. The molecule has 0 amide bonds. The van der Waals surface area contributed by atoms with Crippen LogP contribution < -0.4 is 4.74 Å². The van der Waals surface area contributed by atoms with Gasteiger partial charge in [-0.25, -0.2) is 4.98 Å². The number of aromatic hydroxyl groups is 1. The number of phenols is 1. The molecule has 3 nitrogen and oxygen atoms in total. The molecule has 0 atom stereocenters. The highest BCUT2D eigenvalue weighted by molar-refractivity contribution is 7.21. The predicted molar refractivity (Wildman–Crippen MR) is 78.3 cm³/mol. The first-order valence-corrected chi connectivity index (χ1v) is 6.80. The topological polar surface area (TPSA) is 42.4 Å². The molecule has 0 aliphatic rings. The van der Waals surface area contributed by atoms with E-state index in [2.05, 4.69) is 4.98 Å². The Labute approximate surface area is 119 Å². The third-order valence-corrected chi connectivity index (χ3v) is 4.16. The molecule has 0 spiro atoms. The van der Waals surface area contributed by atoms with Crippen LogP contribution in [-0.2, 0) is 0 Å². The lowest BCUT2D eigenvalue weighted by atomic mass is 10.2. The standard InChI is InChI=1S/C14H10ClNO2S/c1-18-9-3-4-11-13(7-9)19-14(16-11)8-2-5-12(17)10(15)6-8/h2-7,17H,1H3. The number of rotatable bonds is 2. The van der Waals surface area contributed by atoms with Gasteiger partial charge in [-0.15, -0.1) is 11.3 Å². The Morgan fingerprint density at radius 1 is 1.21 bits per heavy atom. The number of nitrogens with zero attached hydrogens (tertiary/aromatic N) is 1. The third-order valence-electron chi connectivity index (χ3n) is 2.79. The first-order valence-electron chi connectivity index (χ1n) is 5.61. The van der Waals surface area contributed by atoms with Crippen molar-refractivity contribution < 1.29 is 9.84 Å². The van der Waals surface area contributed by atoms with Crippen molar-refractivity contribution in [1.29, 1.82) is 0 Å². The summed E-state index contributed by atoms with van der Waals surface area (Å²) in [4.78, 5) is 4.55. The molecule has 1 heterocycles. The van der Waals surface area contributed by atoms with Crippen LogP contribution in [0.3, 0.4) is 0 Å². The number of thiazole rings is 1. The SMILES string of the molecule is COc1ccc2nc(-c3ccc(O)c(Cl)c3)sc2c1. The molecule has 0 saturated heterocycles. The second-order valence-electron chi connectivity index (χ2n) is 4.02. The number of fused-ring (bicyclic) bond motifs is 1. The lowest BCUT2D eigenvalue weighted by Gasteiger charge is -1.98. The van der Waals surface area contributed by atoms with Crippen LogP contribution in [0.25, 0.3) is 20.8 Å². The Hall–Kier alpha value is -1.78. The van der Waals surface area contributed by atoms with E-state index in [1.165, 1.54) is 0 Å². The summed E-state index contributed by atoms with van der Waals surface area (Å²) in [5.41, 5.74) is 1.81. The number of hydrogen-bond donors (Lipinski definition) is 1. The molecule has 1 aromatic heterocycles. The van der Waals surface area contributed by atoms with Gasteiger partial charge in [-0.05, 0) is 36.4 Å². The van der Waals surface area contributed by atoms with Crippen molar-refractivity contribution in [2.24, 2.45) is 0 Å². The van der Waals surface area contributed by atoms with Gasteiger partial charge >= 0.3 is 0 Å². The van der Waals surface area contributed by atoms with Crippen LogP contribution in [0.1, 0.15) is 0 Å². The number of hydrogen-bond acceptors (Lipinski definition) is 4. The molecular weight excluding hydrogens is 282 g/mol. The molecule has 0 fully saturated rings. The molecular formula is C14H10ClNO2S. The van der Waals surface area contributed by atoms with Crippen molar-refractivity contribution >= 4 is 33.2 Å². The zero-order chi connectivity index (χ0) is 13.4. The van der Waals surface area contributed by atoms with E-state index in [0.29, 0.717) is 5.02 Å². The molecule has 0 aliphatic heterocycles. The van der Waals surface area contributed by atoms with Crippen molar-refractivity contribution in [1.82, 2.24) is 4.98 Å². The highest BCUT2D eigenvalue weighted by Gasteiger charge is 2.09. The van der Waals surface area contributed by atoms with Gasteiger partial charge in [0.15, 0.2) is 0 Å². The van der Waals surface area contributed by atoms with Crippen molar-refractivity contribution in [2.45, 2.75) is 0 Å². The number of aromatic nitrogens is 1. The van der Waals surface area contributed by atoms with Gasteiger partial charge in [0.2, 0.25) is 0 Å². The minimum atomic E-state index is 0.0770. The largest absolute Gasteiger partial charge is 0.506 e. The highest BCUT2D eigenvalue weighted by Crippen LogP contribution is 2.35. The molecule has 96 valence electrons. The number of methoxy groups -OCH3 is 1. The smallest absolute Gasteiger partial charge is 0.134 e. The van der Waals surface area contributed by atoms with Gasteiger partial charge < -0.3 is 9.84 Å². The highest BCUT2D eigenvalue weighted by atomic mass is 35.5. The Morgan fingerprint density at radius 3 is 2.79 bits per heavy atom. The molecule has 19 heavy (non-hydrogen) atoms. The fourth-order valence-corrected chi connectivity index (χ4v) is 2.97. The quantitative estimate of drug-likeness (QED) is 0.764. The molecule has 3 aromatic rings. The maximum absolute atomic E-state index is 9.43. The molecule has 5 heteroatoms. The van der Waals surface area contributed by atoms with E-state index in [-0.39, 0.29) is 5.75 Å². The van der Waals surface area contributed by atoms with Crippen molar-refractivity contribution in [2.75, 3.05) is 7.11 Å². The van der Waals surface area contributed by atoms with Crippen LogP contribution in [0.4, 0.5) is 0 Å². The normalized spacial score (nSPS) is 10.8. The predicted octanol–water partition coefficient (Wildman–Crippen LogP) is 4.33. The molecule has 2 aromatic carbocycles. The van der Waals surface area contributed by atoms with Gasteiger partial charge in [-0.1, -0.05) is 11.6 Å². The fraction of sp³-hybridized carbons (Fsp3) is 0.0714. The number of ether oxygens (including phenoxy) is 1. The zero-order valence-corrected chi connectivity index (χ0v) is 11.6. The Balaban J connectivity index is 2.11. The fourth-order valence-electron chi connectivity index (χ4n) is 1.80. The number of phenolic OH excluding ortho intramolecular Hbond substituents is 1. The second kappa shape index (κ2) is 4.72. The van der Waals surface area contributed by atoms with Gasteiger partial charge in [0, 0.05) is 5.56 Å². The van der Waals surface area contributed by atoms with Crippen molar-refractivity contribution in [3.8, 4) is 22.1 Å². The summed E-state index contributed by atoms with van der Waals surface area (Å²) in [7, 11) is 1.64. The van der Waals surface area contributed by atoms with Gasteiger partial charge in [0.05, 0.1) is 22.3 Å². The molecule has 0 bridgehead atoms. The lowest BCUT2D eigenvalue weighted by Crippen LogP contribution is -1.80. The lowest BCUT2D eigenvalue weighted by molar-refractivity contribution is 0.415. The van der Waals surface area contributed by atoms with E-state index in [4.69, 9.17) is 16.3 Å². The van der Waals surface area contributed by atoms with Crippen LogP contribution in [-0.4, -0.2) is 17.2 Å². The number of halogens is 1.